The van der Waals surface area contributed by atoms with E-state index >= 15 is 0 Å². The number of pyridine rings is 1. The normalized spacial score (nSPS) is 12.1. The van der Waals surface area contributed by atoms with E-state index in [1.165, 1.54) is 12.1 Å². The number of aliphatic hydroxyl groups excluding tert-OH is 1. The number of H-pyrrole nitrogens is 1. The molecule has 1 atom stereocenters. The predicted octanol–water partition coefficient (Wildman–Crippen LogP) is 5.67. The molecule has 0 aliphatic carbocycles. The van der Waals surface area contributed by atoms with Gasteiger partial charge in [-0.1, -0.05) is 60.1 Å². The highest BCUT2D eigenvalue weighted by Crippen LogP contribution is 2.30. The molecule has 1 heterocycles. The SMILES string of the molecule is Nc1cc(-c2cccc(-c3cccc(Cl)c3)c2)ccc1CCNC[C@H](O)c1ccc(O)c2[nH]c(=O)ccc12. The van der Waals surface area contributed by atoms with Gasteiger partial charge >= 0.3 is 0 Å². The molecule has 5 aromatic rings. The Kier molecular flexibility index (Phi) is 7.47. The zero-order chi connectivity index (χ0) is 26.6. The van der Waals surface area contributed by atoms with Crippen molar-refractivity contribution in [3.63, 3.8) is 0 Å². The first kappa shape index (κ1) is 25.5. The summed E-state index contributed by atoms with van der Waals surface area (Å²) in [4.78, 5) is 14.2. The molecule has 4 aromatic carbocycles. The van der Waals surface area contributed by atoms with E-state index in [0.717, 1.165) is 27.8 Å². The molecule has 6 nitrogen and oxygen atoms in total. The third kappa shape index (κ3) is 5.58. The number of hydrogen-bond donors (Lipinski definition) is 5. The number of aromatic nitrogens is 1. The van der Waals surface area contributed by atoms with Crippen LogP contribution in [-0.4, -0.2) is 28.3 Å². The Morgan fingerprint density at radius 3 is 2.32 bits per heavy atom. The number of anilines is 1. The molecular weight excluding hydrogens is 498 g/mol. The Balaban J connectivity index is 1.22. The van der Waals surface area contributed by atoms with Crippen molar-refractivity contribution in [3.05, 3.63) is 117 Å². The number of phenolic OH excluding ortho intramolecular Hbond substituents is 1. The van der Waals surface area contributed by atoms with Crippen LogP contribution in [0, 0.1) is 0 Å². The van der Waals surface area contributed by atoms with Crippen LogP contribution in [0.1, 0.15) is 17.2 Å². The first-order valence-corrected chi connectivity index (χ1v) is 12.8. The van der Waals surface area contributed by atoms with Gasteiger partial charge in [0.1, 0.15) is 5.75 Å². The number of benzene rings is 4. The number of aliphatic hydroxyl groups is 1. The lowest BCUT2D eigenvalue weighted by Crippen LogP contribution is -2.24. The number of aromatic hydroxyl groups is 1. The minimum Gasteiger partial charge on any atom is -0.506 e. The Morgan fingerprint density at radius 1 is 0.868 bits per heavy atom. The molecule has 0 aliphatic heterocycles. The fourth-order valence-electron chi connectivity index (χ4n) is 4.67. The van der Waals surface area contributed by atoms with Gasteiger partial charge in [-0.25, -0.2) is 0 Å². The van der Waals surface area contributed by atoms with Gasteiger partial charge in [0.15, 0.2) is 0 Å². The predicted molar refractivity (Wildman–Crippen MR) is 155 cm³/mol. The van der Waals surface area contributed by atoms with Crippen LogP contribution in [0.25, 0.3) is 33.2 Å². The van der Waals surface area contributed by atoms with Crippen LogP contribution in [0.3, 0.4) is 0 Å². The van der Waals surface area contributed by atoms with Gasteiger partial charge in [-0.3, -0.25) is 4.79 Å². The molecule has 0 saturated carbocycles. The summed E-state index contributed by atoms with van der Waals surface area (Å²) in [5, 5.41) is 25.4. The van der Waals surface area contributed by atoms with E-state index in [2.05, 4.69) is 34.6 Å². The average Bonchev–Trinajstić information content (AvgIpc) is 2.92. The third-order valence-electron chi connectivity index (χ3n) is 6.67. The lowest BCUT2D eigenvalue weighted by molar-refractivity contribution is 0.176. The molecule has 0 fully saturated rings. The smallest absolute Gasteiger partial charge is 0.248 e. The number of phenols is 1. The largest absolute Gasteiger partial charge is 0.506 e. The molecule has 192 valence electrons. The maximum Gasteiger partial charge on any atom is 0.248 e. The van der Waals surface area contributed by atoms with Crippen molar-refractivity contribution in [2.24, 2.45) is 0 Å². The van der Waals surface area contributed by atoms with Gasteiger partial charge in [-0.05, 0) is 82.7 Å². The fraction of sp³-hybridized carbons (Fsp3) is 0.129. The van der Waals surface area contributed by atoms with Gasteiger partial charge in [0, 0.05) is 28.7 Å². The highest BCUT2D eigenvalue weighted by molar-refractivity contribution is 6.30. The number of nitrogens with one attached hydrogen (secondary N) is 2. The van der Waals surface area contributed by atoms with E-state index in [9.17, 15) is 15.0 Å². The first-order valence-electron chi connectivity index (χ1n) is 12.4. The van der Waals surface area contributed by atoms with E-state index in [-0.39, 0.29) is 11.3 Å². The van der Waals surface area contributed by atoms with E-state index in [4.69, 9.17) is 17.3 Å². The Morgan fingerprint density at radius 2 is 1.58 bits per heavy atom. The summed E-state index contributed by atoms with van der Waals surface area (Å²) < 4.78 is 0. The molecule has 6 N–H and O–H groups in total. The Hall–Kier alpha value is -4.10. The molecule has 0 unspecified atom stereocenters. The summed E-state index contributed by atoms with van der Waals surface area (Å²) in [5.41, 5.74) is 13.0. The second-order valence-electron chi connectivity index (χ2n) is 9.26. The average molecular weight is 526 g/mol. The van der Waals surface area contributed by atoms with Crippen molar-refractivity contribution in [2.75, 3.05) is 18.8 Å². The summed E-state index contributed by atoms with van der Waals surface area (Å²) in [7, 11) is 0. The lowest BCUT2D eigenvalue weighted by Gasteiger charge is -2.16. The molecule has 0 spiro atoms. The van der Waals surface area contributed by atoms with Crippen molar-refractivity contribution >= 4 is 28.2 Å². The molecule has 5 rings (SSSR count). The topological polar surface area (TPSA) is 111 Å². The van der Waals surface area contributed by atoms with Gasteiger partial charge in [0.2, 0.25) is 5.56 Å². The molecule has 0 amide bonds. The van der Waals surface area contributed by atoms with E-state index in [0.29, 0.717) is 46.7 Å². The zero-order valence-electron chi connectivity index (χ0n) is 20.6. The van der Waals surface area contributed by atoms with Crippen molar-refractivity contribution in [3.8, 4) is 28.0 Å². The Bertz CT molecular complexity index is 1660. The second kappa shape index (κ2) is 11.1. The van der Waals surface area contributed by atoms with Gasteiger partial charge in [0.05, 0.1) is 11.6 Å². The molecule has 0 aliphatic rings. The molecule has 0 bridgehead atoms. The molecule has 38 heavy (non-hydrogen) atoms. The lowest BCUT2D eigenvalue weighted by atomic mass is 9.97. The number of aromatic amines is 1. The minimum absolute atomic E-state index is 0.0308. The van der Waals surface area contributed by atoms with Gasteiger partial charge < -0.3 is 26.2 Å². The van der Waals surface area contributed by atoms with E-state index in [1.807, 2.05) is 42.5 Å². The van der Waals surface area contributed by atoms with Crippen molar-refractivity contribution in [2.45, 2.75) is 12.5 Å². The summed E-state index contributed by atoms with van der Waals surface area (Å²) in [5.74, 6) is -0.0308. The highest BCUT2D eigenvalue weighted by Gasteiger charge is 2.14. The molecular formula is C31H28ClN3O3. The highest BCUT2D eigenvalue weighted by atomic mass is 35.5. The van der Waals surface area contributed by atoms with E-state index < -0.39 is 6.10 Å². The van der Waals surface area contributed by atoms with Gasteiger partial charge in [-0.15, -0.1) is 0 Å². The maximum absolute atomic E-state index is 11.6. The summed E-state index contributed by atoms with van der Waals surface area (Å²) in [6.45, 7) is 0.936. The number of rotatable bonds is 8. The standard InChI is InChI=1S/C31H28ClN3O3/c32-24-6-2-5-22(16-24)20-3-1-4-21(15-20)23-8-7-19(27(33)17-23)13-14-34-18-29(37)25-9-11-28(36)31-26(25)10-12-30(38)35-31/h1-12,15-17,29,34,36-37H,13-14,18,33H2,(H,35,38)/t29-/m0/s1. The molecule has 0 radical (unpaired) electrons. The fourth-order valence-corrected chi connectivity index (χ4v) is 4.86. The van der Waals surface area contributed by atoms with E-state index in [1.54, 1.807) is 12.1 Å². The molecule has 0 saturated heterocycles. The van der Waals surface area contributed by atoms with Crippen molar-refractivity contribution in [1.82, 2.24) is 10.3 Å². The number of fused-ring (bicyclic) bond motifs is 1. The number of hydrogen-bond acceptors (Lipinski definition) is 5. The van der Waals surface area contributed by atoms with Crippen LogP contribution in [0.5, 0.6) is 5.75 Å². The third-order valence-corrected chi connectivity index (χ3v) is 6.91. The monoisotopic (exact) mass is 525 g/mol. The summed E-state index contributed by atoms with van der Waals surface area (Å²) >= 11 is 6.17. The minimum atomic E-state index is -0.810. The molecule has 1 aromatic heterocycles. The van der Waals surface area contributed by atoms with Gasteiger partial charge in [0.25, 0.3) is 0 Å². The number of halogens is 1. The summed E-state index contributed by atoms with van der Waals surface area (Å²) in [6, 6.07) is 28.3. The van der Waals surface area contributed by atoms with Crippen LogP contribution in [0.2, 0.25) is 5.02 Å². The van der Waals surface area contributed by atoms with Crippen molar-refractivity contribution < 1.29 is 10.2 Å². The van der Waals surface area contributed by atoms with Crippen LogP contribution < -0.4 is 16.6 Å². The number of nitrogens with two attached hydrogens (primary N) is 1. The summed E-state index contributed by atoms with van der Waals surface area (Å²) in [6.07, 6.45) is -0.110. The first-order chi connectivity index (χ1) is 18.4. The maximum atomic E-state index is 11.6. The van der Waals surface area contributed by atoms with Crippen LogP contribution in [0.15, 0.2) is 95.8 Å². The zero-order valence-corrected chi connectivity index (χ0v) is 21.4. The van der Waals surface area contributed by atoms with Crippen LogP contribution in [0.4, 0.5) is 5.69 Å². The van der Waals surface area contributed by atoms with Crippen molar-refractivity contribution in [1.29, 1.82) is 0 Å². The van der Waals surface area contributed by atoms with Gasteiger partial charge in [-0.2, -0.15) is 0 Å². The Labute approximate surface area is 225 Å². The van der Waals surface area contributed by atoms with Crippen LogP contribution >= 0.6 is 11.6 Å². The van der Waals surface area contributed by atoms with Crippen LogP contribution in [-0.2, 0) is 6.42 Å². The second-order valence-corrected chi connectivity index (χ2v) is 9.70. The molecule has 7 heteroatoms. The number of nitrogen functional groups attached to an aromatic ring is 1. The quantitative estimate of drug-likeness (QED) is 0.132.